The van der Waals surface area contributed by atoms with Gasteiger partial charge in [0.15, 0.2) is 0 Å². The molecule has 1 aromatic rings. The Labute approximate surface area is 127 Å². The lowest BCUT2D eigenvalue weighted by molar-refractivity contribution is -0.134. The van der Waals surface area contributed by atoms with E-state index < -0.39 is 11.7 Å². The maximum atomic E-state index is 13.8. The number of nitrogens with zero attached hydrogens (tertiary/aromatic N) is 2. The number of rotatable bonds is 2. The molecule has 0 atom stereocenters. The second kappa shape index (κ2) is 5.64. The molecule has 21 heavy (non-hydrogen) atoms. The lowest BCUT2D eigenvalue weighted by Gasteiger charge is -2.35. The maximum absolute atomic E-state index is 13.8. The molecular formula is C15H16ClFN2O2. The molecule has 1 aliphatic carbocycles. The summed E-state index contributed by atoms with van der Waals surface area (Å²) in [6, 6.07) is 4.21. The molecule has 4 nitrogen and oxygen atoms in total. The quantitative estimate of drug-likeness (QED) is 0.840. The van der Waals surface area contributed by atoms with Gasteiger partial charge in [0.2, 0.25) is 5.91 Å². The Balaban J connectivity index is 1.66. The van der Waals surface area contributed by atoms with Crippen LogP contribution in [0.2, 0.25) is 5.02 Å². The van der Waals surface area contributed by atoms with E-state index in [2.05, 4.69) is 0 Å². The van der Waals surface area contributed by atoms with Crippen LogP contribution in [0.4, 0.5) is 4.39 Å². The maximum Gasteiger partial charge on any atom is 0.258 e. The van der Waals surface area contributed by atoms with Crippen LogP contribution in [0.5, 0.6) is 0 Å². The molecule has 0 aromatic heterocycles. The van der Waals surface area contributed by atoms with Crippen LogP contribution >= 0.6 is 11.6 Å². The molecule has 1 saturated heterocycles. The molecule has 1 heterocycles. The fraction of sp³-hybridized carbons (Fsp3) is 0.467. The van der Waals surface area contributed by atoms with Crippen molar-refractivity contribution in [3.63, 3.8) is 0 Å². The van der Waals surface area contributed by atoms with Gasteiger partial charge in [-0.1, -0.05) is 17.7 Å². The minimum atomic E-state index is -0.607. The number of hydrogen-bond donors (Lipinski definition) is 0. The number of carbonyl (C=O) groups excluding carboxylic acids is 2. The summed E-state index contributed by atoms with van der Waals surface area (Å²) >= 11 is 5.92. The molecule has 1 aromatic carbocycles. The monoisotopic (exact) mass is 310 g/mol. The van der Waals surface area contributed by atoms with Gasteiger partial charge in [-0.05, 0) is 25.0 Å². The first-order valence-corrected chi connectivity index (χ1v) is 7.48. The lowest BCUT2D eigenvalue weighted by Crippen LogP contribution is -2.51. The molecule has 1 saturated carbocycles. The van der Waals surface area contributed by atoms with Gasteiger partial charge in [0.05, 0.1) is 10.6 Å². The lowest BCUT2D eigenvalue weighted by atomic mass is 10.1. The normalized spacial score (nSPS) is 18.8. The zero-order valence-electron chi connectivity index (χ0n) is 11.5. The van der Waals surface area contributed by atoms with Gasteiger partial charge in [0, 0.05) is 32.1 Å². The third-order valence-electron chi connectivity index (χ3n) is 3.98. The SMILES string of the molecule is O=C(c1c(F)cccc1Cl)N1CCN(C(=O)C2CC2)CC1. The molecule has 0 bridgehead atoms. The number of amides is 2. The highest BCUT2D eigenvalue weighted by Gasteiger charge is 2.35. The number of carbonyl (C=O) groups is 2. The molecule has 0 spiro atoms. The summed E-state index contributed by atoms with van der Waals surface area (Å²) in [6.07, 6.45) is 1.95. The van der Waals surface area contributed by atoms with Gasteiger partial charge in [-0.25, -0.2) is 4.39 Å². The number of halogens is 2. The van der Waals surface area contributed by atoms with E-state index in [9.17, 15) is 14.0 Å². The molecule has 6 heteroatoms. The molecule has 0 N–H and O–H groups in total. The third kappa shape index (κ3) is 2.88. The van der Waals surface area contributed by atoms with Crippen molar-refractivity contribution < 1.29 is 14.0 Å². The van der Waals surface area contributed by atoms with Crippen molar-refractivity contribution in [3.05, 3.63) is 34.6 Å². The van der Waals surface area contributed by atoms with Crippen LogP contribution in [0.15, 0.2) is 18.2 Å². The van der Waals surface area contributed by atoms with Crippen LogP contribution in [-0.4, -0.2) is 47.8 Å². The summed E-state index contributed by atoms with van der Waals surface area (Å²) < 4.78 is 13.8. The molecule has 0 unspecified atom stereocenters. The van der Waals surface area contributed by atoms with E-state index in [1.165, 1.54) is 18.2 Å². The highest BCUT2D eigenvalue weighted by Crippen LogP contribution is 2.31. The minimum absolute atomic E-state index is 0.0823. The molecule has 2 fully saturated rings. The Morgan fingerprint density at radius 2 is 1.71 bits per heavy atom. The zero-order chi connectivity index (χ0) is 15.0. The summed E-state index contributed by atoms with van der Waals surface area (Å²) in [6.45, 7) is 1.85. The Kier molecular flexibility index (Phi) is 3.85. The minimum Gasteiger partial charge on any atom is -0.339 e. The van der Waals surface area contributed by atoms with Crippen LogP contribution in [0.1, 0.15) is 23.2 Å². The Morgan fingerprint density at radius 3 is 2.29 bits per heavy atom. The van der Waals surface area contributed by atoms with Gasteiger partial charge in [-0.2, -0.15) is 0 Å². The summed E-state index contributed by atoms with van der Waals surface area (Å²) in [5.74, 6) is -0.639. The van der Waals surface area contributed by atoms with E-state index in [-0.39, 0.29) is 22.4 Å². The predicted molar refractivity (Wildman–Crippen MR) is 76.6 cm³/mol. The van der Waals surface area contributed by atoms with Crippen LogP contribution in [-0.2, 0) is 4.79 Å². The first kappa shape index (κ1) is 14.3. The molecule has 2 aliphatic rings. The number of piperazine rings is 1. The predicted octanol–water partition coefficient (Wildman–Crippen LogP) is 2.17. The van der Waals surface area contributed by atoms with Crippen LogP contribution in [0.25, 0.3) is 0 Å². The summed E-state index contributed by atoms with van der Waals surface area (Å²) in [5, 5.41) is 0.122. The molecule has 1 aliphatic heterocycles. The fourth-order valence-electron chi connectivity index (χ4n) is 2.58. The van der Waals surface area contributed by atoms with Gasteiger partial charge < -0.3 is 9.80 Å². The molecule has 2 amide bonds. The van der Waals surface area contributed by atoms with Crippen LogP contribution in [0, 0.1) is 11.7 Å². The van der Waals surface area contributed by atoms with Crippen molar-refractivity contribution in [2.24, 2.45) is 5.92 Å². The summed E-state index contributed by atoms with van der Waals surface area (Å²) in [5.41, 5.74) is -0.0823. The van der Waals surface area contributed by atoms with Crippen molar-refractivity contribution in [1.29, 1.82) is 0 Å². The van der Waals surface area contributed by atoms with Gasteiger partial charge in [0.25, 0.3) is 5.91 Å². The topological polar surface area (TPSA) is 40.6 Å². The first-order valence-electron chi connectivity index (χ1n) is 7.10. The van der Waals surface area contributed by atoms with Crippen LogP contribution < -0.4 is 0 Å². The standard InChI is InChI=1S/C15H16ClFN2O2/c16-11-2-1-3-12(17)13(11)15(21)19-8-6-18(7-9-19)14(20)10-4-5-10/h1-3,10H,4-9H2. The Hall–Kier alpha value is -1.62. The van der Waals surface area contributed by atoms with Crippen LogP contribution in [0.3, 0.4) is 0 Å². The zero-order valence-corrected chi connectivity index (χ0v) is 12.3. The molecule has 3 rings (SSSR count). The second-order valence-electron chi connectivity index (χ2n) is 5.49. The van der Waals surface area contributed by atoms with Crippen molar-refractivity contribution >= 4 is 23.4 Å². The van der Waals surface area contributed by atoms with E-state index in [4.69, 9.17) is 11.6 Å². The van der Waals surface area contributed by atoms with Crippen molar-refractivity contribution in [3.8, 4) is 0 Å². The second-order valence-corrected chi connectivity index (χ2v) is 5.90. The summed E-state index contributed by atoms with van der Waals surface area (Å²) in [7, 11) is 0. The Bertz CT molecular complexity index is 561. The average Bonchev–Trinajstić information content (AvgIpc) is 3.31. The van der Waals surface area contributed by atoms with E-state index in [1.54, 1.807) is 9.80 Å². The number of benzene rings is 1. The van der Waals surface area contributed by atoms with Gasteiger partial charge in [-0.3, -0.25) is 9.59 Å². The molecular weight excluding hydrogens is 295 g/mol. The van der Waals surface area contributed by atoms with Gasteiger partial charge >= 0.3 is 0 Å². The van der Waals surface area contributed by atoms with E-state index >= 15 is 0 Å². The molecule has 0 radical (unpaired) electrons. The fourth-order valence-corrected chi connectivity index (χ4v) is 2.82. The highest BCUT2D eigenvalue weighted by molar-refractivity contribution is 6.33. The largest absolute Gasteiger partial charge is 0.339 e. The van der Waals surface area contributed by atoms with E-state index in [0.29, 0.717) is 26.2 Å². The van der Waals surface area contributed by atoms with Gasteiger partial charge in [-0.15, -0.1) is 0 Å². The smallest absolute Gasteiger partial charge is 0.258 e. The van der Waals surface area contributed by atoms with Gasteiger partial charge in [0.1, 0.15) is 5.82 Å². The van der Waals surface area contributed by atoms with E-state index in [1.807, 2.05) is 0 Å². The highest BCUT2D eigenvalue weighted by atomic mass is 35.5. The van der Waals surface area contributed by atoms with Crippen molar-refractivity contribution in [2.45, 2.75) is 12.8 Å². The van der Waals surface area contributed by atoms with Crippen molar-refractivity contribution in [1.82, 2.24) is 9.80 Å². The van der Waals surface area contributed by atoms with Crippen molar-refractivity contribution in [2.75, 3.05) is 26.2 Å². The van der Waals surface area contributed by atoms with E-state index in [0.717, 1.165) is 12.8 Å². The number of hydrogen-bond acceptors (Lipinski definition) is 2. The summed E-state index contributed by atoms with van der Waals surface area (Å²) in [4.78, 5) is 27.7. The first-order chi connectivity index (χ1) is 10.1. The average molecular weight is 311 g/mol. The third-order valence-corrected chi connectivity index (χ3v) is 4.30. The molecule has 112 valence electrons. The Morgan fingerprint density at radius 1 is 1.10 bits per heavy atom.